The Bertz CT molecular complexity index is 90.9. The molecule has 0 saturated carbocycles. The van der Waals surface area contributed by atoms with Gasteiger partial charge in [0.1, 0.15) is 0 Å². The number of allylic oxidation sites excluding steroid dienone is 1. The van der Waals surface area contributed by atoms with Crippen LogP contribution in [0.4, 0.5) is 0 Å². The molecule has 0 aliphatic rings. The number of hydrogen-bond donors (Lipinski definition) is 0. The van der Waals surface area contributed by atoms with Crippen molar-refractivity contribution < 1.29 is 0 Å². The minimum Gasteiger partial charge on any atom is -0.123 e. The van der Waals surface area contributed by atoms with Crippen molar-refractivity contribution in [2.75, 3.05) is 0 Å². The lowest BCUT2D eigenvalue weighted by Gasteiger charge is -2.04. The van der Waals surface area contributed by atoms with Crippen LogP contribution in [0.3, 0.4) is 0 Å². The van der Waals surface area contributed by atoms with Gasteiger partial charge >= 0.3 is 0 Å². The van der Waals surface area contributed by atoms with Crippen molar-refractivity contribution >= 4 is 27.5 Å². The molecule has 0 nitrogen and oxygen atoms in total. The number of rotatable bonds is 4. The first kappa shape index (κ1) is 9.51. The van der Waals surface area contributed by atoms with Gasteiger partial charge in [-0.3, -0.25) is 0 Å². The average molecular weight is 212 g/mol. The molecule has 0 saturated heterocycles. The predicted octanol–water partition coefficient (Wildman–Crippen LogP) is 3.69. The highest BCUT2D eigenvalue weighted by Crippen LogP contribution is 2.17. The summed E-state index contributed by atoms with van der Waals surface area (Å²) in [5, 5.41) is 0.266. The van der Waals surface area contributed by atoms with E-state index in [1.165, 1.54) is 0 Å². The second-order valence-corrected chi connectivity index (χ2v) is 3.85. The molecule has 0 N–H and O–H groups in total. The van der Waals surface area contributed by atoms with E-state index in [1.807, 2.05) is 0 Å². The largest absolute Gasteiger partial charge is 0.123 e. The lowest BCUT2D eigenvalue weighted by molar-refractivity contribution is 0.736. The lowest BCUT2D eigenvalue weighted by atomic mass is 10.2. The molecular weight excluding hydrogens is 199 g/mol. The van der Waals surface area contributed by atoms with E-state index in [9.17, 15) is 0 Å². The Morgan fingerprint density at radius 2 is 2.33 bits per heavy atom. The average Bonchev–Trinajstić information content (AvgIpc) is 1.63. The quantitative estimate of drug-likeness (QED) is 0.622. The maximum atomic E-state index is 5.89. The summed E-state index contributed by atoms with van der Waals surface area (Å²) < 4.78 is 0.996. The Balaban J connectivity index is 3.26. The van der Waals surface area contributed by atoms with Crippen LogP contribution in [0.15, 0.2) is 11.1 Å². The van der Waals surface area contributed by atoms with Crippen molar-refractivity contribution in [3.8, 4) is 0 Å². The van der Waals surface area contributed by atoms with Crippen LogP contribution in [-0.4, -0.2) is 5.38 Å². The van der Waals surface area contributed by atoms with E-state index in [0.717, 1.165) is 23.7 Å². The highest BCUT2D eigenvalue weighted by molar-refractivity contribution is 9.11. The molecule has 0 bridgehead atoms. The van der Waals surface area contributed by atoms with Gasteiger partial charge in [0.05, 0.1) is 0 Å². The fourth-order valence-electron chi connectivity index (χ4n) is 0.656. The molecule has 1 atom stereocenters. The summed E-state index contributed by atoms with van der Waals surface area (Å²) in [5.74, 6) is 0. The molecule has 0 aromatic heterocycles. The third-order valence-electron chi connectivity index (χ3n) is 1.04. The Morgan fingerprint density at radius 1 is 1.78 bits per heavy atom. The summed E-state index contributed by atoms with van der Waals surface area (Å²) in [5.41, 5.74) is 0. The van der Waals surface area contributed by atoms with Crippen molar-refractivity contribution in [2.45, 2.75) is 31.6 Å². The van der Waals surface area contributed by atoms with Crippen LogP contribution >= 0.6 is 27.5 Å². The van der Waals surface area contributed by atoms with Gasteiger partial charge in [-0.1, -0.05) is 35.9 Å². The van der Waals surface area contributed by atoms with E-state index in [2.05, 4.69) is 29.4 Å². The topological polar surface area (TPSA) is 0 Å². The van der Waals surface area contributed by atoms with Gasteiger partial charge < -0.3 is 0 Å². The first-order chi connectivity index (χ1) is 4.16. The Labute approximate surface area is 70.4 Å². The molecule has 0 fully saturated rings. The number of halogens is 2. The molecule has 54 valence electrons. The van der Waals surface area contributed by atoms with E-state index in [4.69, 9.17) is 11.6 Å². The van der Waals surface area contributed by atoms with Gasteiger partial charge in [-0.2, -0.15) is 0 Å². The highest BCUT2D eigenvalue weighted by atomic mass is 79.9. The van der Waals surface area contributed by atoms with Crippen molar-refractivity contribution in [1.29, 1.82) is 0 Å². The Hall–Kier alpha value is 0.510. The molecule has 0 aromatic carbocycles. The van der Waals surface area contributed by atoms with Gasteiger partial charge in [-0.25, -0.2) is 0 Å². The lowest BCUT2D eigenvalue weighted by Crippen LogP contribution is -1.95. The van der Waals surface area contributed by atoms with Gasteiger partial charge in [0.15, 0.2) is 0 Å². The van der Waals surface area contributed by atoms with Crippen LogP contribution in [0.2, 0.25) is 0 Å². The molecule has 0 spiro atoms. The summed E-state index contributed by atoms with van der Waals surface area (Å²) in [6, 6.07) is 0. The predicted molar refractivity (Wildman–Crippen MR) is 47.2 cm³/mol. The molecule has 9 heavy (non-hydrogen) atoms. The van der Waals surface area contributed by atoms with Gasteiger partial charge in [-0.15, -0.1) is 11.6 Å². The minimum absolute atomic E-state index is 0.266. The molecule has 0 heterocycles. The maximum Gasteiger partial charge on any atom is 0.0381 e. The smallest absolute Gasteiger partial charge is 0.0381 e. The Morgan fingerprint density at radius 3 is 2.67 bits per heavy atom. The zero-order valence-corrected chi connectivity index (χ0v) is 8.00. The molecule has 0 radical (unpaired) electrons. The van der Waals surface area contributed by atoms with Crippen LogP contribution in [0.25, 0.3) is 0 Å². The van der Waals surface area contributed by atoms with Crippen LogP contribution in [0, 0.1) is 0 Å². The summed E-state index contributed by atoms with van der Waals surface area (Å²) in [7, 11) is 0. The van der Waals surface area contributed by atoms with Gasteiger partial charge in [-0.05, 0) is 17.3 Å². The van der Waals surface area contributed by atoms with E-state index < -0.39 is 0 Å². The van der Waals surface area contributed by atoms with Crippen LogP contribution < -0.4 is 0 Å². The van der Waals surface area contributed by atoms with E-state index in [0.29, 0.717) is 0 Å². The van der Waals surface area contributed by atoms with Gasteiger partial charge in [0.2, 0.25) is 0 Å². The number of hydrogen-bond acceptors (Lipinski definition) is 0. The third kappa shape index (κ3) is 6.39. The monoisotopic (exact) mass is 210 g/mol. The van der Waals surface area contributed by atoms with Crippen LogP contribution in [0.5, 0.6) is 0 Å². The second-order valence-electron chi connectivity index (χ2n) is 2.11. The van der Waals surface area contributed by atoms with E-state index in [-0.39, 0.29) is 5.38 Å². The molecular formula is C7H12BrCl. The zero-order valence-electron chi connectivity index (χ0n) is 5.66. The van der Waals surface area contributed by atoms with Crippen LogP contribution in [-0.2, 0) is 0 Å². The fraction of sp³-hybridized carbons (Fsp3) is 0.714. The molecule has 0 amide bonds. The summed E-state index contributed by atoms with van der Waals surface area (Å²) in [6.07, 6.45) is 3.11. The molecule has 0 rings (SSSR count). The van der Waals surface area contributed by atoms with Gasteiger partial charge in [0, 0.05) is 5.38 Å². The molecule has 2 heteroatoms. The molecule has 0 aromatic rings. The van der Waals surface area contributed by atoms with Gasteiger partial charge in [0.25, 0.3) is 0 Å². The van der Waals surface area contributed by atoms with Crippen molar-refractivity contribution in [3.05, 3.63) is 11.1 Å². The second kappa shape index (κ2) is 5.31. The minimum atomic E-state index is 0.266. The SMILES string of the molecule is C=C(Br)C[C@H](Cl)CCC. The first-order valence-corrected chi connectivity index (χ1v) is 4.37. The van der Waals surface area contributed by atoms with Crippen molar-refractivity contribution in [1.82, 2.24) is 0 Å². The molecule has 0 aliphatic carbocycles. The van der Waals surface area contributed by atoms with E-state index in [1.54, 1.807) is 0 Å². The fourth-order valence-corrected chi connectivity index (χ4v) is 1.64. The maximum absolute atomic E-state index is 5.89. The Kier molecular flexibility index (Phi) is 5.61. The first-order valence-electron chi connectivity index (χ1n) is 3.14. The normalized spacial score (nSPS) is 13.2. The van der Waals surface area contributed by atoms with Crippen molar-refractivity contribution in [3.63, 3.8) is 0 Å². The molecule has 0 aliphatic heterocycles. The summed E-state index contributed by atoms with van der Waals surface area (Å²) in [4.78, 5) is 0. The number of alkyl halides is 1. The summed E-state index contributed by atoms with van der Waals surface area (Å²) in [6.45, 7) is 5.84. The standard InChI is InChI=1S/C7H12BrCl/c1-3-4-7(9)5-6(2)8/h7H,2-5H2,1H3/t7-/m1/s1. The van der Waals surface area contributed by atoms with Crippen LogP contribution in [0.1, 0.15) is 26.2 Å². The zero-order chi connectivity index (χ0) is 7.28. The summed E-state index contributed by atoms with van der Waals surface area (Å²) >= 11 is 9.15. The van der Waals surface area contributed by atoms with Crippen molar-refractivity contribution in [2.24, 2.45) is 0 Å². The molecule has 0 unspecified atom stereocenters. The third-order valence-corrected chi connectivity index (χ3v) is 1.74. The highest BCUT2D eigenvalue weighted by Gasteiger charge is 2.02. The van der Waals surface area contributed by atoms with E-state index >= 15 is 0 Å².